The van der Waals surface area contributed by atoms with E-state index in [1.54, 1.807) is 0 Å². The fraction of sp³-hybridized carbons (Fsp3) is 0.796. The molecule has 0 aliphatic carbocycles. The molecule has 60 heavy (non-hydrogen) atoms. The van der Waals surface area contributed by atoms with E-state index in [0.29, 0.717) is 19.3 Å². The average Bonchev–Trinajstić information content (AvgIpc) is 3.24. The Morgan fingerprint density at radius 2 is 0.650 bits per heavy atom. The van der Waals surface area contributed by atoms with Gasteiger partial charge in [0.15, 0.2) is 6.10 Å². The van der Waals surface area contributed by atoms with Crippen molar-refractivity contribution in [2.45, 2.75) is 264 Å². The fourth-order valence-electron chi connectivity index (χ4n) is 7.28. The number of esters is 3. The molecule has 0 saturated heterocycles. The van der Waals surface area contributed by atoms with Crippen molar-refractivity contribution in [3.05, 3.63) is 48.6 Å². The third-order valence-electron chi connectivity index (χ3n) is 11.1. The number of hydrogen-bond donors (Lipinski definition) is 0. The Morgan fingerprint density at radius 1 is 0.350 bits per heavy atom. The SMILES string of the molecule is CC/C=C\C/C=C\CCCCCCCC(=O)OCC(COC(=O)CCCCCCCCCCCCCCCCCCCC)OC(=O)CCCCCCC/C=C\C/C=C\CC. The Kier molecular flexibility index (Phi) is 46.9. The molecular weight excluding hydrogens is 745 g/mol. The molecule has 6 heteroatoms. The van der Waals surface area contributed by atoms with Gasteiger partial charge in [0.2, 0.25) is 0 Å². The molecule has 1 atom stereocenters. The number of carbonyl (C=O) groups is 3. The molecule has 0 saturated carbocycles. The molecule has 0 heterocycles. The summed E-state index contributed by atoms with van der Waals surface area (Å²) in [5.74, 6) is -0.905. The maximum absolute atomic E-state index is 12.8. The van der Waals surface area contributed by atoms with Crippen molar-refractivity contribution in [2.24, 2.45) is 0 Å². The predicted molar refractivity (Wildman–Crippen MR) is 256 cm³/mol. The van der Waals surface area contributed by atoms with Crippen molar-refractivity contribution in [2.75, 3.05) is 13.2 Å². The third kappa shape index (κ3) is 46.4. The first-order valence-corrected chi connectivity index (χ1v) is 25.6. The van der Waals surface area contributed by atoms with Gasteiger partial charge in [0.1, 0.15) is 13.2 Å². The minimum atomic E-state index is -0.782. The fourth-order valence-corrected chi connectivity index (χ4v) is 7.28. The highest BCUT2D eigenvalue weighted by Crippen LogP contribution is 2.16. The van der Waals surface area contributed by atoms with Crippen LogP contribution in [0, 0.1) is 0 Å². The van der Waals surface area contributed by atoms with Gasteiger partial charge in [-0.1, -0.05) is 217 Å². The first-order valence-electron chi connectivity index (χ1n) is 25.6. The van der Waals surface area contributed by atoms with E-state index in [-0.39, 0.29) is 31.1 Å². The predicted octanol–water partition coefficient (Wildman–Crippen LogP) is 16.7. The van der Waals surface area contributed by atoms with Gasteiger partial charge in [0.05, 0.1) is 0 Å². The van der Waals surface area contributed by atoms with Crippen LogP contribution in [0.3, 0.4) is 0 Å². The molecule has 0 radical (unpaired) electrons. The molecule has 0 amide bonds. The van der Waals surface area contributed by atoms with Crippen molar-refractivity contribution < 1.29 is 28.6 Å². The van der Waals surface area contributed by atoms with Crippen LogP contribution in [0.4, 0.5) is 0 Å². The van der Waals surface area contributed by atoms with Crippen LogP contribution in [-0.4, -0.2) is 37.2 Å². The molecule has 0 aromatic rings. The summed E-state index contributed by atoms with van der Waals surface area (Å²) in [5, 5.41) is 0. The van der Waals surface area contributed by atoms with Crippen LogP contribution < -0.4 is 0 Å². The Bertz CT molecular complexity index is 1060. The molecule has 0 aromatic carbocycles. The van der Waals surface area contributed by atoms with Crippen LogP contribution in [0.1, 0.15) is 258 Å². The summed E-state index contributed by atoms with van der Waals surface area (Å²) in [4.78, 5) is 37.9. The van der Waals surface area contributed by atoms with E-state index in [2.05, 4.69) is 69.4 Å². The van der Waals surface area contributed by atoms with Crippen LogP contribution in [0.15, 0.2) is 48.6 Å². The molecule has 0 aromatic heterocycles. The highest BCUT2D eigenvalue weighted by molar-refractivity contribution is 5.71. The highest BCUT2D eigenvalue weighted by Gasteiger charge is 2.19. The molecule has 1 unspecified atom stereocenters. The lowest BCUT2D eigenvalue weighted by molar-refractivity contribution is -0.167. The minimum absolute atomic E-state index is 0.0814. The summed E-state index contributed by atoms with van der Waals surface area (Å²) in [6, 6.07) is 0. The smallest absolute Gasteiger partial charge is 0.306 e. The van der Waals surface area contributed by atoms with Crippen molar-refractivity contribution in [1.82, 2.24) is 0 Å². The number of carbonyl (C=O) groups excluding carboxylic acids is 3. The summed E-state index contributed by atoms with van der Waals surface area (Å²) in [7, 11) is 0. The first-order chi connectivity index (χ1) is 29.5. The minimum Gasteiger partial charge on any atom is -0.462 e. The van der Waals surface area contributed by atoms with Crippen molar-refractivity contribution in [3.8, 4) is 0 Å². The number of unbranched alkanes of at least 4 members (excludes halogenated alkanes) is 27. The standard InChI is InChI=1S/C54H96O6/c1-4-7-10-13-16-19-22-25-26-27-28-29-30-33-35-38-41-44-47-53(56)59-50-51(60-54(57)48-45-42-39-36-32-24-21-18-15-12-9-6-3)49-58-52(55)46-43-40-37-34-31-23-20-17-14-11-8-5-2/h8-9,11-12,17-18,20-21,51H,4-7,10,13-16,19,22-50H2,1-3H3/b11-8-,12-9-,20-17-,21-18-. The summed E-state index contributed by atoms with van der Waals surface area (Å²) in [5.41, 5.74) is 0. The topological polar surface area (TPSA) is 78.9 Å². The van der Waals surface area contributed by atoms with E-state index >= 15 is 0 Å². The van der Waals surface area contributed by atoms with Gasteiger partial charge >= 0.3 is 17.9 Å². The summed E-state index contributed by atoms with van der Waals surface area (Å²) in [6.07, 6.45) is 58.2. The molecule has 0 fully saturated rings. The van der Waals surface area contributed by atoms with Crippen LogP contribution in [0.2, 0.25) is 0 Å². The first kappa shape index (κ1) is 57.4. The van der Waals surface area contributed by atoms with E-state index in [1.165, 1.54) is 103 Å². The molecule has 0 bridgehead atoms. The number of ether oxygens (including phenoxy) is 3. The van der Waals surface area contributed by atoms with Gasteiger partial charge < -0.3 is 14.2 Å². The molecule has 6 nitrogen and oxygen atoms in total. The lowest BCUT2D eigenvalue weighted by Gasteiger charge is -2.18. The lowest BCUT2D eigenvalue weighted by atomic mass is 10.0. The van der Waals surface area contributed by atoms with Gasteiger partial charge in [0, 0.05) is 19.3 Å². The Hall–Kier alpha value is -2.63. The lowest BCUT2D eigenvalue weighted by Crippen LogP contribution is -2.30. The molecular formula is C54H96O6. The van der Waals surface area contributed by atoms with E-state index in [9.17, 15) is 14.4 Å². The van der Waals surface area contributed by atoms with E-state index in [4.69, 9.17) is 14.2 Å². The van der Waals surface area contributed by atoms with Gasteiger partial charge in [-0.25, -0.2) is 0 Å². The van der Waals surface area contributed by atoms with E-state index in [1.807, 2.05) is 0 Å². The van der Waals surface area contributed by atoms with Gasteiger partial charge in [-0.2, -0.15) is 0 Å². The third-order valence-corrected chi connectivity index (χ3v) is 11.1. The molecule has 0 aliphatic rings. The number of rotatable bonds is 46. The maximum Gasteiger partial charge on any atom is 0.306 e. The van der Waals surface area contributed by atoms with Crippen LogP contribution in [0.25, 0.3) is 0 Å². The number of hydrogen-bond acceptors (Lipinski definition) is 6. The molecule has 0 rings (SSSR count). The molecule has 348 valence electrons. The zero-order chi connectivity index (χ0) is 43.7. The summed E-state index contributed by atoms with van der Waals surface area (Å²) >= 11 is 0. The summed E-state index contributed by atoms with van der Waals surface area (Å²) in [6.45, 7) is 6.41. The zero-order valence-electron chi connectivity index (χ0n) is 39.7. The second-order valence-corrected chi connectivity index (χ2v) is 17.0. The van der Waals surface area contributed by atoms with E-state index in [0.717, 1.165) is 116 Å². The molecule has 0 aliphatic heterocycles. The van der Waals surface area contributed by atoms with Gasteiger partial charge in [-0.15, -0.1) is 0 Å². The second kappa shape index (κ2) is 49.0. The molecule has 0 N–H and O–H groups in total. The Labute approximate surface area is 371 Å². The monoisotopic (exact) mass is 841 g/mol. The van der Waals surface area contributed by atoms with Gasteiger partial charge in [-0.05, 0) is 70.6 Å². The second-order valence-electron chi connectivity index (χ2n) is 17.0. The van der Waals surface area contributed by atoms with Crippen LogP contribution in [-0.2, 0) is 28.6 Å². The Balaban J connectivity index is 4.32. The normalized spacial score (nSPS) is 12.4. The highest BCUT2D eigenvalue weighted by atomic mass is 16.6. The Morgan fingerprint density at radius 3 is 1.00 bits per heavy atom. The van der Waals surface area contributed by atoms with Crippen molar-refractivity contribution >= 4 is 17.9 Å². The van der Waals surface area contributed by atoms with Crippen LogP contribution in [0.5, 0.6) is 0 Å². The van der Waals surface area contributed by atoms with Crippen molar-refractivity contribution in [3.63, 3.8) is 0 Å². The van der Waals surface area contributed by atoms with E-state index < -0.39 is 6.10 Å². The quantitative estimate of drug-likeness (QED) is 0.0263. The maximum atomic E-state index is 12.8. The van der Waals surface area contributed by atoms with Gasteiger partial charge in [0.25, 0.3) is 0 Å². The zero-order valence-corrected chi connectivity index (χ0v) is 39.7. The van der Waals surface area contributed by atoms with Crippen LogP contribution >= 0.6 is 0 Å². The average molecular weight is 841 g/mol. The largest absolute Gasteiger partial charge is 0.462 e. The van der Waals surface area contributed by atoms with Crippen molar-refractivity contribution in [1.29, 1.82) is 0 Å². The molecule has 0 spiro atoms. The number of allylic oxidation sites excluding steroid dienone is 8. The summed E-state index contributed by atoms with van der Waals surface area (Å²) < 4.78 is 16.8. The van der Waals surface area contributed by atoms with Gasteiger partial charge in [-0.3, -0.25) is 14.4 Å².